The van der Waals surface area contributed by atoms with Crippen molar-refractivity contribution in [3.63, 3.8) is 0 Å². The summed E-state index contributed by atoms with van der Waals surface area (Å²) in [5.74, 6) is 1.98. The van der Waals surface area contributed by atoms with E-state index >= 15 is 0 Å². The second-order valence-electron chi connectivity index (χ2n) is 6.89. The minimum Gasteiger partial charge on any atom is -0.496 e. The molecule has 0 aliphatic rings. The quantitative estimate of drug-likeness (QED) is 0.832. The van der Waals surface area contributed by atoms with E-state index in [-0.39, 0.29) is 5.41 Å². The molecular formula is C19H26N2O2. The predicted octanol–water partition coefficient (Wildman–Crippen LogP) is 4.14. The Balaban J connectivity index is 2.22. The van der Waals surface area contributed by atoms with Gasteiger partial charge in [-0.15, -0.1) is 0 Å². The summed E-state index contributed by atoms with van der Waals surface area (Å²) < 4.78 is 10.8. The minimum absolute atomic E-state index is 0.0131. The Morgan fingerprint density at radius 3 is 2.39 bits per heavy atom. The van der Waals surface area contributed by atoms with Crippen molar-refractivity contribution in [2.75, 3.05) is 14.2 Å². The van der Waals surface area contributed by atoms with Gasteiger partial charge in [0.15, 0.2) is 0 Å². The fourth-order valence-corrected chi connectivity index (χ4v) is 2.57. The van der Waals surface area contributed by atoms with Crippen LogP contribution in [0.3, 0.4) is 0 Å². The fourth-order valence-electron chi connectivity index (χ4n) is 2.57. The zero-order valence-electron chi connectivity index (χ0n) is 14.9. The number of nitrogens with zero attached hydrogens (tertiary/aromatic N) is 2. The van der Waals surface area contributed by atoms with Crippen LogP contribution in [0, 0.1) is 0 Å². The van der Waals surface area contributed by atoms with Crippen LogP contribution in [0.25, 0.3) is 0 Å². The highest BCUT2D eigenvalue weighted by atomic mass is 16.5. The van der Waals surface area contributed by atoms with E-state index in [0.29, 0.717) is 5.92 Å². The van der Waals surface area contributed by atoms with Crippen LogP contribution >= 0.6 is 0 Å². The number of hydrogen-bond donors (Lipinski definition) is 0. The van der Waals surface area contributed by atoms with Crippen LogP contribution in [0.4, 0.5) is 0 Å². The molecule has 1 unspecified atom stereocenters. The van der Waals surface area contributed by atoms with Crippen LogP contribution in [-0.4, -0.2) is 24.2 Å². The molecule has 0 bridgehead atoms. The highest BCUT2D eigenvalue weighted by Crippen LogP contribution is 2.32. The third-order valence-electron chi connectivity index (χ3n) is 4.00. The van der Waals surface area contributed by atoms with E-state index in [0.717, 1.165) is 34.7 Å². The second kappa shape index (κ2) is 6.99. The molecule has 2 aromatic heterocycles. The summed E-state index contributed by atoms with van der Waals surface area (Å²) in [4.78, 5) is 8.86. The Labute approximate surface area is 138 Å². The van der Waals surface area contributed by atoms with Crippen molar-refractivity contribution < 1.29 is 9.47 Å². The smallest absolute Gasteiger partial charge is 0.137 e. The highest BCUT2D eigenvalue weighted by Gasteiger charge is 2.20. The SMILES string of the molecule is COc1cncc(C(C)Cc2cc(OC)c(C(C)(C)C)cn2)c1. The van der Waals surface area contributed by atoms with E-state index in [9.17, 15) is 0 Å². The molecule has 0 amide bonds. The molecule has 0 saturated heterocycles. The molecule has 2 heterocycles. The number of rotatable bonds is 5. The van der Waals surface area contributed by atoms with Gasteiger partial charge >= 0.3 is 0 Å². The van der Waals surface area contributed by atoms with Crippen molar-refractivity contribution in [3.8, 4) is 11.5 Å². The lowest BCUT2D eigenvalue weighted by atomic mass is 9.87. The highest BCUT2D eigenvalue weighted by molar-refractivity contribution is 5.38. The molecule has 124 valence electrons. The average molecular weight is 314 g/mol. The van der Waals surface area contributed by atoms with Gasteiger partial charge in [-0.2, -0.15) is 0 Å². The summed E-state index contributed by atoms with van der Waals surface area (Å²) >= 11 is 0. The third-order valence-corrected chi connectivity index (χ3v) is 4.00. The lowest BCUT2D eigenvalue weighted by Crippen LogP contribution is -2.14. The summed E-state index contributed by atoms with van der Waals surface area (Å²) in [6, 6.07) is 4.07. The molecule has 4 heteroatoms. The number of ether oxygens (including phenoxy) is 2. The molecule has 0 aliphatic heterocycles. The molecule has 1 atom stereocenters. The van der Waals surface area contributed by atoms with Gasteiger partial charge in [0.25, 0.3) is 0 Å². The number of pyridine rings is 2. The summed E-state index contributed by atoms with van der Waals surface area (Å²) in [6.45, 7) is 8.66. The first-order valence-corrected chi connectivity index (χ1v) is 7.87. The van der Waals surface area contributed by atoms with Crippen LogP contribution in [0.15, 0.2) is 30.7 Å². The number of methoxy groups -OCH3 is 2. The largest absolute Gasteiger partial charge is 0.496 e. The van der Waals surface area contributed by atoms with Gasteiger partial charge in [0.1, 0.15) is 11.5 Å². The molecule has 2 rings (SSSR count). The predicted molar refractivity (Wildman–Crippen MR) is 92.4 cm³/mol. The van der Waals surface area contributed by atoms with Crippen molar-refractivity contribution in [1.29, 1.82) is 0 Å². The van der Waals surface area contributed by atoms with Gasteiger partial charge in [-0.3, -0.25) is 9.97 Å². The molecule has 0 radical (unpaired) electrons. The monoisotopic (exact) mass is 314 g/mol. The molecular weight excluding hydrogens is 288 g/mol. The second-order valence-corrected chi connectivity index (χ2v) is 6.89. The van der Waals surface area contributed by atoms with Crippen molar-refractivity contribution in [3.05, 3.63) is 47.5 Å². The first-order chi connectivity index (χ1) is 10.8. The Morgan fingerprint density at radius 1 is 1.04 bits per heavy atom. The topological polar surface area (TPSA) is 44.2 Å². The van der Waals surface area contributed by atoms with Crippen molar-refractivity contribution in [1.82, 2.24) is 9.97 Å². The van der Waals surface area contributed by atoms with Gasteiger partial charge in [0.2, 0.25) is 0 Å². The summed E-state index contributed by atoms with van der Waals surface area (Å²) in [7, 11) is 3.37. The van der Waals surface area contributed by atoms with E-state index in [4.69, 9.17) is 9.47 Å². The van der Waals surface area contributed by atoms with Gasteiger partial charge in [-0.05, 0) is 29.4 Å². The maximum atomic E-state index is 5.56. The van der Waals surface area contributed by atoms with Gasteiger partial charge in [-0.1, -0.05) is 27.7 Å². The Kier molecular flexibility index (Phi) is 5.24. The maximum Gasteiger partial charge on any atom is 0.137 e. The maximum absolute atomic E-state index is 5.56. The molecule has 23 heavy (non-hydrogen) atoms. The van der Waals surface area contributed by atoms with Crippen LogP contribution in [0.2, 0.25) is 0 Å². The Morgan fingerprint density at radius 2 is 1.78 bits per heavy atom. The molecule has 0 N–H and O–H groups in total. The molecule has 0 aromatic carbocycles. The zero-order valence-corrected chi connectivity index (χ0v) is 14.9. The van der Waals surface area contributed by atoms with Gasteiger partial charge in [0, 0.05) is 29.7 Å². The van der Waals surface area contributed by atoms with Gasteiger partial charge in [0.05, 0.1) is 20.4 Å². The Bertz CT molecular complexity index is 663. The summed E-state index contributed by atoms with van der Waals surface area (Å²) in [5.41, 5.74) is 3.30. The third kappa shape index (κ3) is 4.21. The summed E-state index contributed by atoms with van der Waals surface area (Å²) in [6.07, 6.45) is 6.36. The van der Waals surface area contributed by atoms with E-state index < -0.39 is 0 Å². The lowest BCUT2D eigenvalue weighted by molar-refractivity contribution is 0.395. The molecule has 0 aliphatic carbocycles. The van der Waals surface area contributed by atoms with Crippen LogP contribution in [-0.2, 0) is 11.8 Å². The van der Waals surface area contributed by atoms with Crippen LogP contribution in [0.1, 0.15) is 50.4 Å². The van der Waals surface area contributed by atoms with Crippen LogP contribution in [0.5, 0.6) is 11.5 Å². The standard InChI is InChI=1S/C19H26N2O2/c1-13(14-8-16(22-5)11-20-10-14)7-15-9-18(23-6)17(12-21-15)19(2,3)4/h8-13H,7H2,1-6H3. The fraction of sp³-hybridized carbons (Fsp3) is 0.474. The number of aromatic nitrogens is 2. The first-order valence-electron chi connectivity index (χ1n) is 7.87. The van der Waals surface area contributed by atoms with Gasteiger partial charge < -0.3 is 9.47 Å². The minimum atomic E-state index is 0.0131. The molecule has 0 spiro atoms. The Hall–Kier alpha value is -2.10. The average Bonchev–Trinajstić information content (AvgIpc) is 2.53. The van der Waals surface area contributed by atoms with Crippen molar-refractivity contribution >= 4 is 0 Å². The summed E-state index contributed by atoms with van der Waals surface area (Å²) in [5, 5.41) is 0. The van der Waals surface area contributed by atoms with E-state index in [2.05, 4.69) is 37.7 Å². The van der Waals surface area contributed by atoms with E-state index in [1.807, 2.05) is 24.5 Å². The van der Waals surface area contributed by atoms with E-state index in [1.54, 1.807) is 20.4 Å². The zero-order chi connectivity index (χ0) is 17.0. The molecule has 2 aromatic rings. The lowest BCUT2D eigenvalue weighted by Gasteiger charge is -2.22. The molecule has 0 fully saturated rings. The van der Waals surface area contributed by atoms with Crippen molar-refractivity contribution in [2.45, 2.75) is 45.4 Å². The van der Waals surface area contributed by atoms with Crippen LogP contribution < -0.4 is 9.47 Å². The number of hydrogen-bond acceptors (Lipinski definition) is 4. The van der Waals surface area contributed by atoms with Crippen molar-refractivity contribution in [2.24, 2.45) is 0 Å². The van der Waals surface area contributed by atoms with Gasteiger partial charge in [-0.25, -0.2) is 0 Å². The molecule has 0 saturated carbocycles. The van der Waals surface area contributed by atoms with E-state index in [1.165, 1.54) is 0 Å². The molecule has 4 nitrogen and oxygen atoms in total. The normalized spacial score (nSPS) is 12.8. The first kappa shape index (κ1) is 17.3.